The van der Waals surface area contributed by atoms with Crippen LogP contribution >= 0.6 is 11.8 Å². The van der Waals surface area contributed by atoms with E-state index in [-0.39, 0.29) is 0 Å². The van der Waals surface area contributed by atoms with Gasteiger partial charge in [-0.3, -0.25) is 4.79 Å². The lowest BCUT2D eigenvalue weighted by Gasteiger charge is -2.14. The molecule has 1 aromatic carbocycles. The molecular formula is C15H23NO3S. The first-order chi connectivity index (χ1) is 9.67. The van der Waals surface area contributed by atoms with E-state index in [2.05, 4.69) is 12.2 Å². The van der Waals surface area contributed by atoms with Crippen molar-refractivity contribution in [2.75, 3.05) is 18.6 Å². The van der Waals surface area contributed by atoms with Crippen molar-refractivity contribution in [2.45, 2.75) is 32.4 Å². The average molecular weight is 297 g/mol. The molecule has 0 bridgehead atoms. The summed E-state index contributed by atoms with van der Waals surface area (Å²) in [6, 6.07) is 7.28. The summed E-state index contributed by atoms with van der Waals surface area (Å²) in [7, 11) is 0. The molecule has 0 fully saturated rings. The maximum absolute atomic E-state index is 11.1. The fraction of sp³-hybridized carbons (Fsp3) is 0.533. The van der Waals surface area contributed by atoms with Gasteiger partial charge in [-0.15, -0.1) is 0 Å². The summed E-state index contributed by atoms with van der Waals surface area (Å²) < 4.78 is 5.51. The van der Waals surface area contributed by atoms with Gasteiger partial charge in [-0.2, -0.15) is 11.8 Å². The van der Waals surface area contributed by atoms with E-state index in [9.17, 15) is 4.79 Å². The number of carboxylic acid groups (broad SMARTS) is 1. The normalized spacial score (nSPS) is 12.1. The standard InChI is InChI=1S/C15H23NO3S/c1-3-9-19-13-6-4-12(5-7-13)11-16-14(15(17)18)8-10-20-2/h4-7,14,16H,3,8-11H2,1-2H3,(H,17,18)/t14-/m0/s1. The summed E-state index contributed by atoms with van der Waals surface area (Å²) in [5, 5.41) is 12.2. The third-order valence-electron chi connectivity index (χ3n) is 2.86. The molecule has 2 N–H and O–H groups in total. The molecule has 0 aliphatic rings. The molecule has 0 aliphatic carbocycles. The van der Waals surface area contributed by atoms with E-state index in [1.54, 1.807) is 11.8 Å². The second kappa shape index (κ2) is 9.66. The van der Waals surface area contributed by atoms with E-state index in [1.165, 1.54) is 0 Å². The van der Waals surface area contributed by atoms with Crippen LogP contribution in [-0.2, 0) is 11.3 Å². The topological polar surface area (TPSA) is 58.6 Å². The van der Waals surface area contributed by atoms with Gasteiger partial charge < -0.3 is 15.2 Å². The molecule has 1 rings (SSSR count). The number of ether oxygens (including phenoxy) is 1. The molecule has 0 spiro atoms. The van der Waals surface area contributed by atoms with Gasteiger partial charge in [0.25, 0.3) is 0 Å². The van der Waals surface area contributed by atoms with Crippen LogP contribution in [0.25, 0.3) is 0 Å². The minimum absolute atomic E-state index is 0.488. The predicted octanol–water partition coefficient (Wildman–Crippen LogP) is 2.77. The number of rotatable bonds is 10. The zero-order valence-electron chi connectivity index (χ0n) is 12.1. The van der Waals surface area contributed by atoms with Crippen LogP contribution in [0.3, 0.4) is 0 Å². The lowest BCUT2D eigenvalue weighted by molar-refractivity contribution is -0.139. The minimum Gasteiger partial charge on any atom is -0.494 e. The van der Waals surface area contributed by atoms with Gasteiger partial charge in [-0.1, -0.05) is 19.1 Å². The fourth-order valence-corrected chi connectivity index (χ4v) is 2.18. The van der Waals surface area contributed by atoms with E-state index < -0.39 is 12.0 Å². The number of thioether (sulfide) groups is 1. The molecular weight excluding hydrogens is 274 g/mol. The Morgan fingerprint density at radius 3 is 2.65 bits per heavy atom. The molecule has 0 aliphatic heterocycles. The molecule has 20 heavy (non-hydrogen) atoms. The SMILES string of the molecule is CCCOc1ccc(CN[C@@H](CCSC)C(=O)O)cc1. The minimum atomic E-state index is -0.790. The van der Waals surface area contributed by atoms with Gasteiger partial charge >= 0.3 is 5.97 Å². The maximum Gasteiger partial charge on any atom is 0.320 e. The Bertz CT molecular complexity index is 395. The van der Waals surface area contributed by atoms with Crippen molar-refractivity contribution in [3.63, 3.8) is 0 Å². The highest BCUT2D eigenvalue weighted by molar-refractivity contribution is 7.98. The van der Waals surface area contributed by atoms with Gasteiger partial charge in [-0.25, -0.2) is 0 Å². The van der Waals surface area contributed by atoms with Crippen molar-refractivity contribution in [3.05, 3.63) is 29.8 Å². The fourth-order valence-electron chi connectivity index (χ4n) is 1.71. The Balaban J connectivity index is 2.44. The van der Waals surface area contributed by atoms with Gasteiger partial charge in [0.15, 0.2) is 0 Å². The van der Waals surface area contributed by atoms with Crippen molar-refractivity contribution in [3.8, 4) is 5.75 Å². The van der Waals surface area contributed by atoms with Gasteiger partial charge in [-0.05, 0) is 42.5 Å². The van der Waals surface area contributed by atoms with Gasteiger partial charge in [0.1, 0.15) is 11.8 Å². The van der Waals surface area contributed by atoms with Crippen molar-refractivity contribution < 1.29 is 14.6 Å². The first kappa shape index (κ1) is 16.9. The Morgan fingerprint density at radius 2 is 2.10 bits per heavy atom. The summed E-state index contributed by atoms with van der Waals surface area (Å²) in [4.78, 5) is 11.1. The van der Waals surface area contributed by atoms with E-state index >= 15 is 0 Å². The number of benzene rings is 1. The largest absolute Gasteiger partial charge is 0.494 e. The van der Waals surface area contributed by atoms with Crippen LogP contribution in [0.15, 0.2) is 24.3 Å². The molecule has 0 amide bonds. The highest BCUT2D eigenvalue weighted by Crippen LogP contribution is 2.12. The summed E-state index contributed by atoms with van der Waals surface area (Å²) in [6.07, 6.45) is 3.60. The molecule has 4 nitrogen and oxygen atoms in total. The Morgan fingerprint density at radius 1 is 1.40 bits per heavy atom. The van der Waals surface area contributed by atoms with Crippen LogP contribution in [0.1, 0.15) is 25.3 Å². The molecule has 5 heteroatoms. The van der Waals surface area contributed by atoms with Crippen molar-refractivity contribution in [1.82, 2.24) is 5.32 Å². The van der Waals surface area contributed by atoms with Gasteiger partial charge in [0, 0.05) is 6.54 Å². The number of nitrogens with one attached hydrogen (secondary N) is 1. The lowest BCUT2D eigenvalue weighted by atomic mass is 10.2. The van der Waals surface area contributed by atoms with E-state index in [1.807, 2.05) is 30.5 Å². The third kappa shape index (κ3) is 6.30. The molecule has 1 atom stereocenters. The highest BCUT2D eigenvalue weighted by Gasteiger charge is 2.15. The van der Waals surface area contributed by atoms with Crippen LogP contribution < -0.4 is 10.1 Å². The maximum atomic E-state index is 11.1. The molecule has 112 valence electrons. The third-order valence-corrected chi connectivity index (χ3v) is 3.50. The molecule has 1 aromatic rings. The predicted molar refractivity (Wildman–Crippen MR) is 83.5 cm³/mol. The first-order valence-electron chi connectivity index (χ1n) is 6.84. The summed E-state index contributed by atoms with van der Waals surface area (Å²) >= 11 is 1.66. The molecule has 0 aromatic heterocycles. The summed E-state index contributed by atoms with van der Waals surface area (Å²) in [5.74, 6) is 0.906. The first-order valence-corrected chi connectivity index (χ1v) is 8.23. The molecule has 0 heterocycles. The van der Waals surface area contributed by atoms with E-state index in [0.29, 0.717) is 19.6 Å². The van der Waals surface area contributed by atoms with Crippen molar-refractivity contribution in [1.29, 1.82) is 0 Å². The molecule has 0 unspecified atom stereocenters. The Kier molecular flexibility index (Phi) is 8.14. The Labute approximate surface area is 124 Å². The number of aliphatic carboxylic acids is 1. The van der Waals surface area contributed by atoms with Gasteiger partial charge in [0.05, 0.1) is 6.61 Å². The van der Waals surface area contributed by atoms with Crippen molar-refractivity contribution >= 4 is 17.7 Å². The summed E-state index contributed by atoms with van der Waals surface area (Å²) in [6.45, 7) is 3.34. The second-order valence-electron chi connectivity index (χ2n) is 4.55. The van der Waals surface area contributed by atoms with Crippen LogP contribution in [0.5, 0.6) is 5.75 Å². The number of carboxylic acids is 1. The molecule has 0 saturated carbocycles. The number of hydrogen-bond donors (Lipinski definition) is 2. The lowest BCUT2D eigenvalue weighted by Crippen LogP contribution is -2.36. The van der Waals surface area contributed by atoms with E-state index in [4.69, 9.17) is 9.84 Å². The highest BCUT2D eigenvalue weighted by atomic mass is 32.2. The van der Waals surface area contributed by atoms with E-state index in [0.717, 1.165) is 23.5 Å². The van der Waals surface area contributed by atoms with Crippen LogP contribution in [0, 0.1) is 0 Å². The monoisotopic (exact) mass is 297 g/mol. The second-order valence-corrected chi connectivity index (χ2v) is 5.53. The zero-order chi connectivity index (χ0) is 14.8. The van der Waals surface area contributed by atoms with Crippen LogP contribution in [0.4, 0.5) is 0 Å². The quantitative estimate of drug-likeness (QED) is 0.695. The molecule has 0 saturated heterocycles. The average Bonchev–Trinajstić information content (AvgIpc) is 2.46. The van der Waals surface area contributed by atoms with Crippen molar-refractivity contribution in [2.24, 2.45) is 0 Å². The number of hydrogen-bond acceptors (Lipinski definition) is 4. The van der Waals surface area contributed by atoms with Crippen LogP contribution in [-0.4, -0.2) is 35.7 Å². The zero-order valence-corrected chi connectivity index (χ0v) is 12.9. The smallest absolute Gasteiger partial charge is 0.320 e. The van der Waals surface area contributed by atoms with Gasteiger partial charge in [0.2, 0.25) is 0 Å². The molecule has 0 radical (unpaired) electrons. The van der Waals surface area contributed by atoms with Crippen LogP contribution in [0.2, 0.25) is 0 Å². The summed E-state index contributed by atoms with van der Waals surface area (Å²) in [5.41, 5.74) is 1.06. The Hall–Kier alpha value is -1.20. The number of carbonyl (C=O) groups is 1.